The van der Waals surface area contributed by atoms with Gasteiger partial charge in [-0.05, 0) is 25.0 Å². The molecule has 4 aromatic rings. The molecule has 0 saturated heterocycles. The second-order valence-electron chi connectivity index (χ2n) is 6.13. The molecule has 0 atom stereocenters. The van der Waals surface area contributed by atoms with E-state index in [1.807, 2.05) is 22.7 Å². The van der Waals surface area contributed by atoms with E-state index in [9.17, 15) is 0 Å². The minimum Gasteiger partial charge on any atom is -0.364 e. The van der Waals surface area contributed by atoms with Crippen LogP contribution in [0.1, 0.15) is 18.5 Å². The van der Waals surface area contributed by atoms with Crippen molar-refractivity contribution >= 4 is 5.52 Å². The van der Waals surface area contributed by atoms with E-state index < -0.39 is 0 Å². The van der Waals surface area contributed by atoms with E-state index in [0.29, 0.717) is 18.3 Å². The van der Waals surface area contributed by atoms with E-state index in [2.05, 4.69) is 20.3 Å². The van der Waals surface area contributed by atoms with Crippen LogP contribution in [-0.4, -0.2) is 31.2 Å². The van der Waals surface area contributed by atoms with Gasteiger partial charge in [0.15, 0.2) is 0 Å². The van der Waals surface area contributed by atoms with Crippen molar-refractivity contribution in [3.63, 3.8) is 0 Å². The van der Waals surface area contributed by atoms with Crippen molar-refractivity contribution in [2.75, 3.05) is 6.54 Å². The molecule has 0 aliphatic heterocycles. The van der Waals surface area contributed by atoms with Gasteiger partial charge < -0.3 is 19.2 Å². The number of imidazole rings is 1. The van der Waals surface area contributed by atoms with Gasteiger partial charge in [0.25, 0.3) is 5.89 Å². The van der Waals surface area contributed by atoms with Crippen LogP contribution in [0.3, 0.4) is 0 Å². The molecule has 5 rings (SSSR count). The normalized spacial score (nSPS) is 15.9. The molecule has 0 aromatic carbocycles. The molecule has 4 heterocycles. The third-order valence-corrected chi connectivity index (χ3v) is 4.65. The van der Waals surface area contributed by atoms with Crippen LogP contribution in [0.4, 0.5) is 0 Å². The zero-order chi connectivity index (χ0) is 16.1. The molecule has 1 aliphatic carbocycles. The van der Waals surface area contributed by atoms with Crippen LogP contribution in [0.15, 0.2) is 46.2 Å². The molecule has 0 spiro atoms. The van der Waals surface area contributed by atoms with Crippen LogP contribution in [0.5, 0.6) is 0 Å². The zero-order valence-electron chi connectivity index (χ0n) is 12.7. The summed E-state index contributed by atoms with van der Waals surface area (Å²) in [5.41, 5.74) is 9.14. The summed E-state index contributed by atoms with van der Waals surface area (Å²) in [5, 5.41) is 8.21. The van der Waals surface area contributed by atoms with Gasteiger partial charge in [-0.3, -0.25) is 0 Å². The van der Waals surface area contributed by atoms with Gasteiger partial charge >= 0.3 is 0 Å². The van der Waals surface area contributed by atoms with Gasteiger partial charge in [-0.15, -0.1) is 0 Å². The van der Waals surface area contributed by atoms with Gasteiger partial charge in [0, 0.05) is 23.7 Å². The Kier molecular flexibility index (Phi) is 2.66. The largest absolute Gasteiger partial charge is 0.364 e. The summed E-state index contributed by atoms with van der Waals surface area (Å²) in [6, 6.07) is 3.87. The van der Waals surface area contributed by atoms with Gasteiger partial charge in [0.05, 0.1) is 18.0 Å². The number of hydrogen-bond acceptors (Lipinski definition) is 7. The molecule has 24 heavy (non-hydrogen) atoms. The van der Waals surface area contributed by atoms with Gasteiger partial charge in [-0.2, -0.15) is 4.98 Å². The second kappa shape index (κ2) is 4.75. The highest BCUT2D eigenvalue weighted by molar-refractivity contribution is 5.65. The average molecular weight is 322 g/mol. The fraction of sp³-hybridized carbons (Fsp3) is 0.250. The number of pyridine rings is 1. The summed E-state index contributed by atoms with van der Waals surface area (Å²) >= 11 is 0. The maximum Gasteiger partial charge on any atom is 0.263 e. The summed E-state index contributed by atoms with van der Waals surface area (Å²) in [6.45, 7) is 0.533. The minimum absolute atomic E-state index is 0.104. The Morgan fingerprint density at radius 1 is 1.29 bits per heavy atom. The maximum absolute atomic E-state index is 5.89. The fourth-order valence-electron chi connectivity index (χ4n) is 2.97. The van der Waals surface area contributed by atoms with Crippen molar-refractivity contribution in [3.8, 4) is 22.8 Å². The number of rotatable bonds is 4. The van der Waals surface area contributed by atoms with Crippen LogP contribution in [-0.2, 0) is 5.41 Å². The predicted molar refractivity (Wildman–Crippen MR) is 83.9 cm³/mol. The van der Waals surface area contributed by atoms with Gasteiger partial charge in [0.2, 0.25) is 5.82 Å². The SMILES string of the molecule is NCC1(c2nocc2-c2nc(-c3ccn4cncc4c3)no2)CC1. The Morgan fingerprint density at radius 3 is 3.04 bits per heavy atom. The van der Waals surface area contributed by atoms with Crippen LogP contribution >= 0.6 is 0 Å². The van der Waals surface area contributed by atoms with E-state index in [4.69, 9.17) is 14.8 Å². The molecule has 4 aromatic heterocycles. The fourth-order valence-corrected chi connectivity index (χ4v) is 2.97. The lowest BCUT2D eigenvalue weighted by Gasteiger charge is -2.08. The lowest BCUT2D eigenvalue weighted by Crippen LogP contribution is -2.20. The molecule has 1 saturated carbocycles. The molecular weight excluding hydrogens is 308 g/mol. The Bertz CT molecular complexity index is 1030. The van der Waals surface area contributed by atoms with Crippen LogP contribution < -0.4 is 5.73 Å². The quantitative estimate of drug-likeness (QED) is 0.612. The molecule has 0 radical (unpaired) electrons. The van der Waals surface area contributed by atoms with Crippen LogP contribution in [0, 0.1) is 0 Å². The van der Waals surface area contributed by atoms with Crippen LogP contribution in [0.2, 0.25) is 0 Å². The molecule has 1 aliphatic rings. The first-order valence-electron chi connectivity index (χ1n) is 7.70. The Hall–Kier alpha value is -3.00. The van der Waals surface area contributed by atoms with Gasteiger partial charge in [-0.1, -0.05) is 10.3 Å². The highest BCUT2D eigenvalue weighted by Gasteiger charge is 2.47. The average Bonchev–Trinajstić information content (AvgIpc) is 3.06. The third kappa shape index (κ3) is 1.89. The van der Waals surface area contributed by atoms with E-state index in [0.717, 1.165) is 35.2 Å². The summed E-state index contributed by atoms with van der Waals surface area (Å²) in [5.74, 6) is 0.910. The molecule has 1 fully saturated rings. The standard InChI is InChI=1S/C16H14N6O2/c17-8-16(2-3-16)13-12(7-23-20-13)15-19-14(21-24-15)10-1-4-22-9-18-6-11(22)5-10/h1,4-7,9H,2-3,8,17H2. The molecule has 8 nitrogen and oxygen atoms in total. The highest BCUT2D eigenvalue weighted by Crippen LogP contribution is 2.49. The van der Waals surface area contributed by atoms with Crippen molar-refractivity contribution < 1.29 is 9.05 Å². The lowest BCUT2D eigenvalue weighted by molar-refractivity contribution is 0.402. The molecule has 2 N–H and O–H groups in total. The van der Waals surface area contributed by atoms with E-state index in [1.165, 1.54) is 0 Å². The second-order valence-corrected chi connectivity index (χ2v) is 6.13. The van der Waals surface area contributed by atoms with Crippen molar-refractivity contribution in [2.45, 2.75) is 18.3 Å². The zero-order valence-corrected chi connectivity index (χ0v) is 12.7. The van der Waals surface area contributed by atoms with E-state index in [1.54, 1.807) is 18.8 Å². The highest BCUT2D eigenvalue weighted by atomic mass is 16.5. The Morgan fingerprint density at radius 2 is 2.21 bits per heavy atom. The number of nitrogens with zero attached hydrogens (tertiary/aromatic N) is 5. The molecule has 0 amide bonds. The Labute approximate surface area is 136 Å². The molecule has 0 unspecified atom stereocenters. The minimum atomic E-state index is -0.104. The third-order valence-electron chi connectivity index (χ3n) is 4.65. The van der Waals surface area contributed by atoms with Crippen molar-refractivity contribution in [1.29, 1.82) is 0 Å². The first-order chi connectivity index (χ1) is 11.8. The number of aromatic nitrogens is 5. The number of fused-ring (bicyclic) bond motifs is 1. The Balaban J connectivity index is 1.55. The lowest BCUT2D eigenvalue weighted by atomic mass is 9.99. The smallest absolute Gasteiger partial charge is 0.263 e. The predicted octanol–water partition coefficient (Wildman–Crippen LogP) is 2.03. The van der Waals surface area contributed by atoms with Gasteiger partial charge in [0.1, 0.15) is 17.5 Å². The summed E-state index contributed by atoms with van der Waals surface area (Å²) in [6.07, 6.45) is 8.98. The summed E-state index contributed by atoms with van der Waals surface area (Å²) in [7, 11) is 0. The first-order valence-corrected chi connectivity index (χ1v) is 7.70. The first kappa shape index (κ1) is 13.4. The van der Waals surface area contributed by atoms with Crippen molar-refractivity contribution in [1.82, 2.24) is 24.7 Å². The molecular formula is C16H14N6O2. The topological polar surface area (TPSA) is 108 Å². The van der Waals surface area contributed by atoms with E-state index in [-0.39, 0.29) is 5.41 Å². The summed E-state index contributed by atoms with van der Waals surface area (Å²) < 4.78 is 12.5. The summed E-state index contributed by atoms with van der Waals surface area (Å²) in [4.78, 5) is 8.61. The molecule has 8 heteroatoms. The van der Waals surface area contributed by atoms with Crippen molar-refractivity contribution in [3.05, 3.63) is 42.8 Å². The molecule has 120 valence electrons. The molecule has 0 bridgehead atoms. The van der Waals surface area contributed by atoms with E-state index >= 15 is 0 Å². The van der Waals surface area contributed by atoms with Crippen LogP contribution in [0.25, 0.3) is 28.4 Å². The maximum atomic E-state index is 5.89. The monoisotopic (exact) mass is 322 g/mol. The number of nitrogens with two attached hydrogens (primary N) is 1. The van der Waals surface area contributed by atoms with Gasteiger partial charge in [-0.25, -0.2) is 4.98 Å². The van der Waals surface area contributed by atoms with Crippen molar-refractivity contribution in [2.24, 2.45) is 5.73 Å². The number of hydrogen-bond donors (Lipinski definition) is 1.